The Bertz CT molecular complexity index is 807. The molecule has 5 nitrogen and oxygen atoms in total. The standard InChI is InChI=1S/C17H18F6N4O/c1-9(2)12(8-28)25-15-26-13(17(21,22)23)7-14(27-15)24-11-6-4-3-5-10(11)16(18,19)20/h3-7,9,12,28H,8H2,1-2H3,(H2,24,25,26,27)/t12-/m0/s1. The molecular weight excluding hydrogens is 390 g/mol. The van der Waals surface area contributed by atoms with Crippen molar-refractivity contribution in [3.63, 3.8) is 0 Å². The lowest BCUT2D eigenvalue weighted by Crippen LogP contribution is -2.30. The van der Waals surface area contributed by atoms with Crippen LogP contribution >= 0.6 is 0 Å². The Hall–Kier alpha value is -2.56. The molecule has 0 radical (unpaired) electrons. The van der Waals surface area contributed by atoms with Crippen molar-refractivity contribution in [1.29, 1.82) is 0 Å². The number of aliphatic hydroxyl groups excluding tert-OH is 1. The van der Waals surface area contributed by atoms with E-state index in [0.717, 1.165) is 18.2 Å². The fraction of sp³-hybridized carbons (Fsp3) is 0.412. The van der Waals surface area contributed by atoms with Gasteiger partial charge in [-0.05, 0) is 18.1 Å². The van der Waals surface area contributed by atoms with Crippen molar-refractivity contribution in [2.45, 2.75) is 32.2 Å². The maximum Gasteiger partial charge on any atom is 0.433 e. The SMILES string of the molecule is CC(C)[C@H](CO)Nc1nc(Nc2ccccc2C(F)(F)F)cc(C(F)(F)F)n1. The second kappa shape index (κ2) is 8.21. The summed E-state index contributed by atoms with van der Waals surface area (Å²) in [6, 6.07) is 4.23. The summed E-state index contributed by atoms with van der Waals surface area (Å²) in [7, 11) is 0. The average molecular weight is 408 g/mol. The first-order chi connectivity index (χ1) is 12.9. The number of halogens is 6. The third-order valence-electron chi connectivity index (χ3n) is 3.83. The topological polar surface area (TPSA) is 70.1 Å². The first-order valence-electron chi connectivity index (χ1n) is 8.18. The molecule has 0 fully saturated rings. The number of aliphatic hydroxyl groups is 1. The summed E-state index contributed by atoms with van der Waals surface area (Å²) in [4.78, 5) is 7.19. The quantitative estimate of drug-likeness (QED) is 0.606. The molecular formula is C17H18F6N4O. The van der Waals surface area contributed by atoms with Gasteiger partial charge in [0.15, 0.2) is 5.69 Å². The summed E-state index contributed by atoms with van der Waals surface area (Å²) >= 11 is 0. The zero-order valence-corrected chi connectivity index (χ0v) is 14.9. The minimum Gasteiger partial charge on any atom is -0.394 e. The molecule has 0 aliphatic heterocycles. The van der Waals surface area contributed by atoms with E-state index in [1.807, 2.05) is 0 Å². The Labute approximate surface area is 156 Å². The molecule has 0 saturated carbocycles. The molecule has 1 aromatic heterocycles. The number of anilines is 3. The van der Waals surface area contributed by atoms with Crippen LogP contribution in [0.5, 0.6) is 0 Å². The van der Waals surface area contributed by atoms with E-state index in [0.29, 0.717) is 6.07 Å². The minimum absolute atomic E-state index is 0.162. The Balaban J connectivity index is 2.46. The second-order valence-corrected chi connectivity index (χ2v) is 6.31. The molecule has 2 rings (SSSR count). The zero-order chi connectivity index (χ0) is 21.1. The van der Waals surface area contributed by atoms with Crippen molar-refractivity contribution in [3.05, 3.63) is 41.6 Å². The highest BCUT2D eigenvalue weighted by molar-refractivity contribution is 5.62. The van der Waals surface area contributed by atoms with Crippen LogP contribution in [0.2, 0.25) is 0 Å². The number of para-hydroxylation sites is 1. The zero-order valence-electron chi connectivity index (χ0n) is 14.9. The van der Waals surface area contributed by atoms with Crippen molar-refractivity contribution in [2.24, 2.45) is 5.92 Å². The van der Waals surface area contributed by atoms with Crippen LogP contribution in [0.25, 0.3) is 0 Å². The van der Waals surface area contributed by atoms with E-state index in [1.54, 1.807) is 13.8 Å². The van der Waals surface area contributed by atoms with E-state index in [9.17, 15) is 31.4 Å². The summed E-state index contributed by atoms with van der Waals surface area (Å²) in [5.41, 5.74) is -2.83. The molecule has 0 aliphatic carbocycles. The van der Waals surface area contributed by atoms with Gasteiger partial charge in [0.2, 0.25) is 5.95 Å². The minimum atomic E-state index is -4.84. The molecule has 0 aliphatic rings. The maximum atomic E-state index is 13.2. The van der Waals surface area contributed by atoms with E-state index < -0.39 is 53.7 Å². The molecule has 0 bridgehead atoms. The average Bonchev–Trinajstić information content (AvgIpc) is 2.58. The lowest BCUT2D eigenvalue weighted by molar-refractivity contribution is -0.141. The predicted molar refractivity (Wildman–Crippen MR) is 91.1 cm³/mol. The van der Waals surface area contributed by atoms with Crippen molar-refractivity contribution in [2.75, 3.05) is 17.2 Å². The summed E-state index contributed by atoms with van der Waals surface area (Å²) in [5, 5.41) is 14.2. The van der Waals surface area contributed by atoms with Gasteiger partial charge in [-0.25, -0.2) is 4.98 Å². The maximum absolute atomic E-state index is 13.2. The van der Waals surface area contributed by atoms with Gasteiger partial charge in [-0.3, -0.25) is 0 Å². The van der Waals surface area contributed by atoms with Crippen molar-refractivity contribution < 1.29 is 31.4 Å². The normalized spacial score (nSPS) is 13.5. The summed E-state index contributed by atoms with van der Waals surface area (Å²) in [6.07, 6.45) is -9.55. The van der Waals surface area contributed by atoms with E-state index in [-0.39, 0.29) is 5.92 Å². The molecule has 1 atom stereocenters. The second-order valence-electron chi connectivity index (χ2n) is 6.31. The van der Waals surface area contributed by atoms with Crippen LogP contribution in [-0.2, 0) is 12.4 Å². The van der Waals surface area contributed by atoms with Gasteiger partial charge in [0, 0.05) is 6.07 Å². The van der Waals surface area contributed by atoms with Crippen molar-refractivity contribution in [3.8, 4) is 0 Å². The Morgan fingerprint density at radius 1 is 1.00 bits per heavy atom. The molecule has 28 heavy (non-hydrogen) atoms. The van der Waals surface area contributed by atoms with Crippen LogP contribution < -0.4 is 10.6 Å². The Kier molecular flexibility index (Phi) is 6.37. The van der Waals surface area contributed by atoms with Gasteiger partial charge in [-0.1, -0.05) is 26.0 Å². The van der Waals surface area contributed by atoms with Gasteiger partial charge in [0.25, 0.3) is 0 Å². The Morgan fingerprint density at radius 2 is 1.64 bits per heavy atom. The summed E-state index contributed by atoms with van der Waals surface area (Å²) in [6.45, 7) is 3.05. The van der Waals surface area contributed by atoms with E-state index in [1.165, 1.54) is 6.07 Å². The van der Waals surface area contributed by atoms with Gasteiger partial charge >= 0.3 is 12.4 Å². The summed E-state index contributed by atoms with van der Waals surface area (Å²) < 4.78 is 78.8. The smallest absolute Gasteiger partial charge is 0.394 e. The van der Waals surface area contributed by atoms with Crippen LogP contribution in [0.15, 0.2) is 30.3 Å². The third kappa shape index (κ3) is 5.47. The largest absolute Gasteiger partial charge is 0.433 e. The molecule has 0 unspecified atom stereocenters. The van der Waals surface area contributed by atoms with Gasteiger partial charge in [-0.2, -0.15) is 31.3 Å². The number of nitrogens with one attached hydrogen (secondary N) is 2. The monoisotopic (exact) mass is 408 g/mol. The highest BCUT2D eigenvalue weighted by atomic mass is 19.4. The molecule has 1 heterocycles. The molecule has 0 amide bonds. The van der Waals surface area contributed by atoms with Crippen LogP contribution in [0.4, 0.5) is 43.8 Å². The van der Waals surface area contributed by atoms with Gasteiger partial charge < -0.3 is 15.7 Å². The molecule has 3 N–H and O–H groups in total. The number of aromatic nitrogens is 2. The lowest BCUT2D eigenvalue weighted by atomic mass is 10.1. The van der Waals surface area contributed by atoms with E-state index >= 15 is 0 Å². The molecule has 2 aromatic rings. The van der Waals surface area contributed by atoms with Crippen LogP contribution in [0.1, 0.15) is 25.1 Å². The fourth-order valence-corrected chi connectivity index (χ4v) is 2.29. The molecule has 1 aromatic carbocycles. The molecule has 0 saturated heterocycles. The van der Waals surface area contributed by atoms with E-state index in [4.69, 9.17) is 0 Å². The number of hydrogen-bond donors (Lipinski definition) is 3. The number of rotatable bonds is 6. The molecule has 154 valence electrons. The van der Waals surface area contributed by atoms with Gasteiger partial charge in [0.05, 0.1) is 23.9 Å². The van der Waals surface area contributed by atoms with Crippen LogP contribution in [0, 0.1) is 5.92 Å². The summed E-state index contributed by atoms with van der Waals surface area (Å²) in [5.74, 6) is -1.10. The lowest BCUT2D eigenvalue weighted by Gasteiger charge is -2.21. The first-order valence-corrected chi connectivity index (χ1v) is 8.18. The predicted octanol–water partition coefficient (Wildman–Crippen LogP) is 4.69. The van der Waals surface area contributed by atoms with E-state index in [2.05, 4.69) is 20.6 Å². The molecule has 11 heteroatoms. The Morgan fingerprint density at radius 3 is 2.18 bits per heavy atom. The van der Waals surface area contributed by atoms with Gasteiger partial charge in [0.1, 0.15) is 5.82 Å². The first kappa shape index (κ1) is 21.7. The number of nitrogens with zero attached hydrogens (tertiary/aromatic N) is 2. The molecule has 0 spiro atoms. The highest BCUT2D eigenvalue weighted by Gasteiger charge is 2.35. The number of hydrogen-bond acceptors (Lipinski definition) is 5. The number of benzene rings is 1. The van der Waals surface area contributed by atoms with Crippen molar-refractivity contribution in [1.82, 2.24) is 9.97 Å². The van der Waals surface area contributed by atoms with Gasteiger partial charge in [-0.15, -0.1) is 0 Å². The highest BCUT2D eigenvalue weighted by Crippen LogP contribution is 2.36. The number of alkyl halides is 6. The fourth-order valence-electron chi connectivity index (χ4n) is 2.29. The van der Waals surface area contributed by atoms with Crippen LogP contribution in [-0.4, -0.2) is 27.7 Å². The van der Waals surface area contributed by atoms with Crippen molar-refractivity contribution >= 4 is 17.5 Å². The van der Waals surface area contributed by atoms with Crippen LogP contribution in [0.3, 0.4) is 0 Å². The third-order valence-corrected chi connectivity index (χ3v) is 3.83.